The van der Waals surface area contributed by atoms with Gasteiger partial charge in [-0.05, 0) is 60.6 Å². The lowest BCUT2D eigenvalue weighted by Crippen LogP contribution is -2.70. The Balaban J connectivity index is 1.49. The summed E-state index contributed by atoms with van der Waals surface area (Å²) in [5, 5.41) is 8.72. The van der Waals surface area contributed by atoms with Gasteiger partial charge in [-0.25, -0.2) is 18.2 Å². The van der Waals surface area contributed by atoms with Crippen LogP contribution in [0, 0.1) is 5.41 Å². The van der Waals surface area contributed by atoms with E-state index in [1.807, 2.05) is 0 Å². The summed E-state index contributed by atoms with van der Waals surface area (Å²) in [7, 11) is -3.99. The molecule has 0 amide bonds. The highest BCUT2D eigenvalue weighted by molar-refractivity contribution is 7.89. The number of primary sulfonamides is 1. The predicted octanol–water partition coefficient (Wildman–Crippen LogP) is 5.19. The van der Waals surface area contributed by atoms with Crippen LogP contribution in [0.4, 0.5) is 26.3 Å². The summed E-state index contributed by atoms with van der Waals surface area (Å²) in [5.41, 5.74) is -1.92. The lowest BCUT2D eigenvalue weighted by Gasteiger charge is -2.71. The Hall–Kier alpha value is -2.86. The second-order valence-corrected chi connectivity index (χ2v) is 10.6. The Labute approximate surface area is 190 Å². The first-order valence-electron chi connectivity index (χ1n) is 10.1. The molecule has 3 saturated carbocycles. The number of hydrogen-bond donors (Lipinski definition) is 1. The van der Waals surface area contributed by atoms with E-state index in [1.165, 1.54) is 12.1 Å². The zero-order chi connectivity index (χ0) is 24.7. The zero-order valence-electron chi connectivity index (χ0n) is 17.3. The fraction of sp³-hybridized carbons (Fsp3) is 0.318. The molecule has 5 nitrogen and oxygen atoms in total. The Kier molecular flexibility index (Phi) is 4.61. The van der Waals surface area contributed by atoms with Gasteiger partial charge in [0.25, 0.3) is 0 Å². The van der Waals surface area contributed by atoms with Crippen LogP contribution in [0.3, 0.4) is 0 Å². The van der Waals surface area contributed by atoms with Gasteiger partial charge in [0.1, 0.15) is 0 Å². The number of sulfonamides is 1. The second kappa shape index (κ2) is 6.85. The van der Waals surface area contributed by atoms with E-state index in [0.29, 0.717) is 5.56 Å². The number of benzene rings is 2. The Morgan fingerprint density at radius 3 is 1.91 bits per heavy atom. The molecule has 0 spiro atoms. The number of aromatic nitrogens is 2. The first-order valence-corrected chi connectivity index (χ1v) is 11.7. The average molecular weight is 501 g/mol. The lowest BCUT2D eigenvalue weighted by atomic mass is 9.33. The van der Waals surface area contributed by atoms with Gasteiger partial charge < -0.3 is 0 Å². The molecule has 3 aromatic rings. The van der Waals surface area contributed by atoms with Crippen LogP contribution in [0.5, 0.6) is 0 Å². The molecule has 3 aliphatic rings. The summed E-state index contributed by atoms with van der Waals surface area (Å²) >= 11 is 0. The van der Waals surface area contributed by atoms with Gasteiger partial charge in [0.2, 0.25) is 10.0 Å². The van der Waals surface area contributed by atoms with Crippen LogP contribution < -0.4 is 5.14 Å². The molecule has 3 fully saturated rings. The highest BCUT2D eigenvalue weighted by Crippen LogP contribution is 2.78. The summed E-state index contributed by atoms with van der Waals surface area (Å²) in [4.78, 5) is -0.208. The van der Waals surface area contributed by atoms with Crippen molar-refractivity contribution in [1.82, 2.24) is 9.78 Å². The van der Waals surface area contributed by atoms with Crippen LogP contribution in [-0.2, 0) is 21.6 Å². The minimum absolute atomic E-state index is 0.0232. The predicted molar refractivity (Wildman–Crippen MR) is 109 cm³/mol. The van der Waals surface area contributed by atoms with Crippen LogP contribution in [0.1, 0.15) is 30.5 Å². The standard InChI is InChI=1S/C22H17F6N3O2S/c23-21(24,25)18-9-17(31(30-18)15-5-7-16(8-6-15)34(29,32)33)13-1-3-14(4-2-13)19-10-20(11-19,12-19)22(26,27)28/h1-9H,10-12H2,(H2,29,32,33). The fourth-order valence-electron chi connectivity index (χ4n) is 5.09. The van der Waals surface area contributed by atoms with Crippen molar-refractivity contribution in [3.05, 3.63) is 65.9 Å². The molecule has 0 radical (unpaired) electrons. The maximum atomic E-state index is 13.4. The van der Waals surface area contributed by atoms with E-state index in [1.54, 1.807) is 24.3 Å². The van der Waals surface area contributed by atoms with Crippen LogP contribution in [0.25, 0.3) is 16.9 Å². The molecular weight excluding hydrogens is 484 g/mol. The van der Waals surface area contributed by atoms with Gasteiger partial charge in [0, 0.05) is 5.56 Å². The molecule has 12 heteroatoms. The highest BCUT2D eigenvalue weighted by atomic mass is 32.2. The van der Waals surface area contributed by atoms with Gasteiger partial charge in [0.05, 0.1) is 21.7 Å². The van der Waals surface area contributed by atoms with E-state index in [4.69, 9.17) is 5.14 Å². The van der Waals surface area contributed by atoms with Crippen molar-refractivity contribution in [3.8, 4) is 16.9 Å². The first kappa shape index (κ1) is 22.9. The van der Waals surface area contributed by atoms with Crippen molar-refractivity contribution in [2.45, 2.75) is 41.9 Å². The summed E-state index contributed by atoms with van der Waals surface area (Å²) < 4.78 is 104. The van der Waals surface area contributed by atoms with Gasteiger partial charge in [-0.15, -0.1) is 0 Å². The Morgan fingerprint density at radius 1 is 0.882 bits per heavy atom. The SMILES string of the molecule is NS(=O)(=O)c1ccc(-n2nc(C(F)(F)F)cc2-c2ccc(C34CC(C(F)(F)F)(C3)C4)cc2)cc1. The van der Waals surface area contributed by atoms with Crippen molar-refractivity contribution >= 4 is 10.0 Å². The summed E-state index contributed by atoms with van der Waals surface area (Å²) in [6.45, 7) is 0. The number of nitrogens with zero attached hydrogens (tertiary/aromatic N) is 2. The molecule has 0 unspecified atom stereocenters. The van der Waals surface area contributed by atoms with E-state index >= 15 is 0 Å². The minimum Gasteiger partial charge on any atom is -0.233 e. The van der Waals surface area contributed by atoms with Crippen molar-refractivity contribution in [1.29, 1.82) is 0 Å². The molecule has 1 heterocycles. The summed E-state index contributed by atoms with van der Waals surface area (Å²) in [6.07, 6.45) is -8.88. The van der Waals surface area contributed by atoms with Gasteiger partial charge in [0.15, 0.2) is 5.69 Å². The van der Waals surface area contributed by atoms with Crippen molar-refractivity contribution in [2.75, 3.05) is 0 Å². The minimum atomic E-state index is -4.72. The third kappa shape index (κ3) is 3.42. The van der Waals surface area contributed by atoms with Crippen LogP contribution in [0.2, 0.25) is 0 Å². The zero-order valence-corrected chi connectivity index (χ0v) is 18.1. The molecule has 2 bridgehead atoms. The third-order valence-electron chi connectivity index (χ3n) is 6.83. The van der Waals surface area contributed by atoms with Crippen molar-refractivity contribution < 1.29 is 34.8 Å². The molecule has 180 valence electrons. The van der Waals surface area contributed by atoms with E-state index in [0.717, 1.165) is 28.4 Å². The summed E-state index contributed by atoms with van der Waals surface area (Å²) in [6, 6.07) is 12.1. The highest BCUT2D eigenvalue weighted by Gasteiger charge is 2.78. The van der Waals surface area contributed by atoms with Crippen LogP contribution in [-0.4, -0.2) is 24.4 Å². The first-order chi connectivity index (χ1) is 15.6. The fourth-order valence-corrected chi connectivity index (χ4v) is 5.60. The Morgan fingerprint density at radius 2 is 1.44 bits per heavy atom. The molecule has 3 aliphatic carbocycles. The van der Waals surface area contributed by atoms with Gasteiger partial charge in [-0.1, -0.05) is 24.3 Å². The molecule has 0 saturated heterocycles. The maximum Gasteiger partial charge on any atom is 0.435 e. The monoisotopic (exact) mass is 501 g/mol. The third-order valence-corrected chi connectivity index (χ3v) is 7.76. The molecular formula is C22H17F6N3O2S. The number of nitrogens with two attached hydrogens (primary N) is 1. The van der Waals surface area contributed by atoms with Crippen LogP contribution >= 0.6 is 0 Å². The van der Waals surface area contributed by atoms with Crippen LogP contribution in [0.15, 0.2) is 59.5 Å². The van der Waals surface area contributed by atoms with Gasteiger partial charge >= 0.3 is 12.4 Å². The lowest BCUT2D eigenvalue weighted by molar-refractivity contribution is -0.337. The summed E-state index contributed by atoms with van der Waals surface area (Å²) in [5.74, 6) is 0. The number of rotatable bonds is 4. The van der Waals surface area contributed by atoms with Gasteiger partial charge in [-0.3, -0.25) is 0 Å². The smallest absolute Gasteiger partial charge is 0.233 e. The number of alkyl halides is 6. The largest absolute Gasteiger partial charge is 0.435 e. The normalized spacial score (nSPS) is 24.4. The quantitative estimate of drug-likeness (QED) is 0.500. The van der Waals surface area contributed by atoms with Crippen molar-refractivity contribution in [2.24, 2.45) is 10.6 Å². The van der Waals surface area contributed by atoms with E-state index < -0.39 is 38.9 Å². The molecule has 0 atom stereocenters. The number of hydrogen-bond acceptors (Lipinski definition) is 3. The molecule has 6 rings (SSSR count). The molecule has 34 heavy (non-hydrogen) atoms. The van der Waals surface area contributed by atoms with E-state index in [2.05, 4.69) is 5.10 Å². The molecule has 2 N–H and O–H groups in total. The second-order valence-electron chi connectivity index (χ2n) is 9.03. The maximum absolute atomic E-state index is 13.4. The van der Waals surface area contributed by atoms with Gasteiger partial charge in [-0.2, -0.15) is 31.4 Å². The molecule has 2 aromatic carbocycles. The van der Waals surface area contributed by atoms with E-state index in [-0.39, 0.29) is 35.5 Å². The average Bonchev–Trinajstić information content (AvgIpc) is 3.10. The van der Waals surface area contributed by atoms with Crippen molar-refractivity contribution in [3.63, 3.8) is 0 Å². The molecule has 1 aromatic heterocycles. The Bertz CT molecular complexity index is 1350. The molecule has 0 aliphatic heterocycles. The topological polar surface area (TPSA) is 78.0 Å². The van der Waals surface area contributed by atoms with E-state index in [9.17, 15) is 34.8 Å². The number of halogens is 6.